The van der Waals surface area contributed by atoms with Crippen molar-refractivity contribution in [1.82, 2.24) is 4.31 Å². The molecule has 0 aliphatic rings. The summed E-state index contributed by atoms with van der Waals surface area (Å²) in [5, 5.41) is 8.61. The number of nitriles is 1. The number of carbonyl (C=O) groups excluding carboxylic acids is 1. The second-order valence-corrected chi connectivity index (χ2v) is 6.33. The lowest BCUT2D eigenvalue weighted by atomic mass is 10.2. The molecular formula is C14H18N2O4S. The van der Waals surface area contributed by atoms with E-state index >= 15 is 0 Å². The van der Waals surface area contributed by atoms with Crippen LogP contribution < -0.4 is 0 Å². The molecule has 0 saturated carbocycles. The molecule has 0 unspecified atom stereocenters. The summed E-state index contributed by atoms with van der Waals surface area (Å²) in [6.45, 7) is 1.75. The fraction of sp³-hybridized carbons (Fsp3) is 0.429. The van der Waals surface area contributed by atoms with Crippen molar-refractivity contribution < 1.29 is 17.9 Å². The Balaban J connectivity index is 3.04. The lowest BCUT2D eigenvalue weighted by molar-refractivity contribution is -0.140. The zero-order chi connectivity index (χ0) is 15.9. The molecule has 1 aromatic rings. The monoisotopic (exact) mass is 310 g/mol. The summed E-state index contributed by atoms with van der Waals surface area (Å²) in [7, 11) is -2.53. The summed E-state index contributed by atoms with van der Waals surface area (Å²) < 4.78 is 30.6. The third kappa shape index (κ3) is 4.55. The van der Waals surface area contributed by atoms with E-state index in [0.29, 0.717) is 6.42 Å². The van der Waals surface area contributed by atoms with Gasteiger partial charge in [-0.1, -0.05) is 19.1 Å². The Morgan fingerprint density at radius 3 is 2.43 bits per heavy atom. The van der Waals surface area contributed by atoms with Crippen LogP contribution in [0.1, 0.15) is 18.9 Å². The normalized spacial score (nSPS) is 11.1. The van der Waals surface area contributed by atoms with Gasteiger partial charge in [0.2, 0.25) is 10.0 Å². The Morgan fingerprint density at radius 1 is 1.33 bits per heavy atom. The zero-order valence-corrected chi connectivity index (χ0v) is 12.9. The highest BCUT2D eigenvalue weighted by Crippen LogP contribution is 2.17. The molecule has 7 heteroatoms. The predicted molar refractivity (Wildman–Crippen MR) is 76.8 cm³/mol. The van der Waals surface area contributed by atoms with Crippen molar-refractivity contribution in [2.24, 2.45) is 0 Å². The highest BCUT2D eigenvalue weighted by atomic mass is 32.2. The van der Waals surface area contributed by atoms with Gasteiger partial charge in [-0.2, -0.15) is 9.57 Å². The molecule has 114 valence electrons. The summed E-state index contributed by atoms with van der Waals surface area (Å²) in [6.07, 6.45) is 0.809. The number of ether oxygens (including phenoxy) is 1. The van der Waals surface area contributed by atoms with Gasteiger partial charge in [0.1, 0.15) is 6.54 Å². The van der Waals surface area contributed by atoms with E-state index in [1.54, 1.807) is 12.1 Å². The van der Waals surface area contributed by atoms with Crippen LogP contribution in [0.2, 0.25) is 0 Å². The number of benzene rings is 1. The standard InChI is InChI=1S/C14H18N2O4S/c1-3-10-16(11-14(17)20-2)21(18,19)13-6-4-12(5-7-13)8-9-15/h4-7H,3,8,10-11H2,1-2H3. The van der Waals surface area contributed by atoms with Gasteiger partial charge < -0.3 is 4.74 Å². The van der Waals surface area contributed by atoms with Gasteiger partial charge in [-0.15, -0.1) is 0 Å². The maximum absolute atomic E-state index is 12.5. The van der Waals surface area contributed by atoms with Gasteiger partial charge in [-0.25, -0.2) is 8.42 Å². The average Bonchev–Trinajstić information content (AvgIpc) is 2.47. The second kappa shape index (κ2) is 7.76. The molecule has 0 N–H and O–H groups in total. The minimum Gasteiger partial charge on any atom is -0.468 e. The summed E-state index contributed by atoms with van der Waals surface area (Å²) in [6, 6.07) is 8.08. The van der Waals surface area contributed by atoms with E-state index in [1.807, 2.05) is 13.0 Å². The summed E-state index contributed by atoms with van der Waals surface area (Å²) >= 11 is 0. The van der Waals surface area contributed by atoms with Crippen molar-refractivity contribution in [2.45, 2.75) is 24.7 Å². The summed E-state index contributed by atoms with van der Waals surface area (Å²) in [4.78, 5) is 11.4. The predicted octanol–water partition coefficient (Wildman–Crippen LogP) is 1.33. The molecule has 0 heterocycles. The van der Waals surface area contributed by atoms with E-state index in [1.165, 1.54) is 19.2 Å². The SMILES string of the molecule is CCCN(CC(=O)OC)S(=O)(=O)c1ccc(CC#N)cc1. The highest BCUT2D eigenvalue weighted by molar-refractivity contribution is 7.89. The van der Waals surface area contributed by atoms with Crippen molar-refractivity contribution in [3.8, 4) is 6.07 Å². The number of hydrogen-bond acceptors (Lipinski definition) is 5. The van der Waals surface area contributed by atoms with E-state index in [-0.39, 0.29) is 24.4 Å². The molecule has 0 radical (unpaired) electrons. The van der Waals surface area contributed by atoms with E-state index in [4.69, 9.17) is 5.26 Å². The Labute approximate surface area is 125 Å². The number of methoxy groups -OCH3 is 1. The van der Waals surface area contributed by atoms with Crippen LogP contribution in [0.25, 0.3) is 0 Å². The van der Waals surface area contributed by atoms with Crippen molar-refractivity contribution >= 4 is 16.0 Å². The molecule has 0 saturated heterocycles. The third-order valence-corrected chi connectivity index (χ3v) is 4.71. The lowest BCUT2D eigenvalue weighted by Crippen LogP contribution is -2.36. The van der Waals surface area contributed by atoms with Gasteiger partial charge in [0.25, 0.3) is 0 Å². The maximum Gasteiger partial charge on any atom is 0.321 e. The molecule has 0 aliphatic carbocycles. The number of sulfonamides is 1. The second-order valence-electron chi connectivity index (χ2n) is 4.39. The van der Waals surface area contributed by atoms with Crippen LogP contribution in [-0.4, -0.2) is 38.9 Å². The molecule has 0 bridgehead atoms. The number of carbonyl (C=O) groups is 1. The van der Waals surface area contributed by atoms with Crippen molar-refractivity contribution in [3.63, 3.8) is 0 Å². The largest absolute Gasteiger partial charge is 0.468 e. The fourth-order valence-electron chi connectivity index (χ4n) is 1.76. The van der Waals surface area contributed by atoms with Crippen LogP contribution in [0.3, 0.4) is 0 Å². The van der Waals surface area contributed by atoms with Crippen molar-refractivity contribution in [1.29, 1.82) is 5.26 Å². The Bertz CT molecular complexity index is 617. The van der Waals surface area contributed by atoms with Gasteiger partial charge in [-0.3, -0.25) is 4.79 Å². The molecule has 0 spiro atoms. The zero-order valence-electron chi connectivity index (χ0n) is 12.1. The topological polar surface area (TPSA) is 87.5 Å². The Morgan fingerprint density at radius 2 is 1.95 bits per heavy atom. The fourth-order valence-corrected chi connectivity index (χ4v) is 3.24. The first-order valence-corrected chi connectivity index (χ1v) is 7.92. The van der Waals surface area contributed by atoms with Crippen LogP contribution in [0.4, 0.5) is 0 Å². The molecule has 1 aromatic carbocycles. The molecule has 0 fully saturated rings. The van der Waals surface area contributed by atoms with Crippen LogP contribution in [-0.2, 0) is 26.0 Å². The summed E-state index contributed by atoms with van der Waals surface area (Å²) in [5.41, 5.74) is 0.742. The van der Waals surface area contributed by atoms with E-state index in [0.717, 1.165) is 9.87 Å². The minimum atomic E-state index is -3.75. The minimum absolute atomic E-state index is 0.0987. The van der Waals surface area contributed by atoms with Gasteiger partial charge in [0, 0.05) is 6.54 Å². The highest BCUT2D eigenvalue weighted by Gasteiger charge is 2.26. The van der Waals surface area contributed by atoms with Crippen LogP contribution in [0, 0.1) is 11.3 Å². The lowest BCUT2D eigenvalue weighted by Gasteiger charge is -2.20. The molecule has 0 atom stereocenters. The smallest absolute Gasteiger partial charge is 0.321 e. The molecule has 0 amide bonds. The molecule has 0 aromatic heterocycles. The van der Waals surface area contributed by atoms with E-state index in [9.17, 15) is 13.2 Å². The van der Waals surface area contributed by atoms with Gasteiger partial charge >= 0.3 is 5.97 Å². The van der Waals surface area contributed by atoms with Crippen LogP contribution >= 0.6 is 0 Å². The summed E-state index contributed by atoms with van der Waals surface area (Å²) in [5.74, 6) is -0.604. The first-order chi connectivity index (χ1) is 9.95. The average molecular weight is 310 g/mol. The van der Waals surface area contributed by atoms with Crippen molar-refractivity contribution in [3.05, 3.63) is 29.8 Å². The molecule has 6 nitrogen and oxygen atoms in total. The Kier molecular flexibility index (Phi) is 6.34. The number of esters is 1. The van der Waals surface area contributed by atoms with Crippen LogP contribution in [0.15, 0.2) is 29.2 Å². The third-order valence-electron chi connectivity index (χ3n) is 2.85. The Hall–Kier alpha value is -1.91. The first-order valence-electron chi connectivity index (χ1n) is 6.48. The number of rotatable bonds is 7. The number of nitrogens with zero attached hydrogens (tertiary/aromatic N) is 2. The van der Waals surface area contributed by atoms with E-state index < -0.39 is 16.0 Å². The van der Waals surface area contributed by atoms with Crippen LogP contribution in [0.5, 0.6) is 0 Å². The maximum atomic E-state index is 12.5. The molecular weight excluding hydrogens is 292 g/mol. The van der Waals surface area contributed by atoms with Gasteiger partial charge in [0.15, 0.2) is 0 Å². The number of hydrogen-bond donors (Lipinski definition) is 0. The molecule has 21 heavy (non-hydrogen) atoms. The quantitative estimate of drug-likeness (QED) is 0.709. The first kappa shape index (κ1) is 17.1. The van der Waals surface area contributed by atoms with Crippen molar-refractivity contribution in [2.75, 3.05) is 20.2 Å². The molecule has 0 aliphatic heterocycles. The van der Waals surface area contributed by atoms with Gasteiger partial charge in [-0.05, 0) is 24.1 Å². The van der Waals surface area contributed by atoms with E-state index in [2.05, 4.69) is 4.74 Å². The molecule has 1 rings (SSSR count). The van der Waals surface area contributed by atoms with Gasteiger partial charge in [0.05, 0.1) is 24.5 Å².